The summed E-state index contributed by atoms with van der Waals surface area (Å²) in [5.41, 5.74) is 1.70. The van der Waals surface area contributed by atoms with Gasteiger partial charge in [0.2, 0.25) is 0 Å². The van der Waals surface area contributed by atoms with E-state index < -0.39 is 0 Å². The maximum Gasteiger partial charge on any atom is 0.292 e. The molecular formula is C19H24N4O3. The molecule has 1 aromatic heterocycles. The van der Waals surface area contributed by atoms with Gasteiger partial charge < -0.3 is 15.0 Å². The molecule has 3 rings (SSSR count). The van der Waals surface area contributed by atoms with E-state index in [1.54, 1.807) is 7.05 Å². The van der Waals surface area contributed by atoms with E-state index >= 15 is 0 Å². The number of ether oxygens (including phenoxy) is 1. The highest BCUT2D eigenvalue weighted by atomic mass is 16.5. The van der Waals surface area contributed by atoms with Gasteiger partial charge in [-0.25, -0.2) is 4.68 Å². The smallest absolute Gasteiger partial charge is 0.292 e. The predicted octanol–water partition coefficient (Wildman–Crippen LogP) is 2.10. The van der Waals surface area contributed by atoms with E-state index in [0.29, 0.717) is 17.1 Å². The molecule has 0 bridgehead atoms. The molecule has 0 unspecified atom stereocenters. The lowest BCUT2D eigenvalue weighted by Crippen LogP contribution is -2.37. The molecule has 0 spiro atoms. The topological polar surface area (TPSA) is 76.5 Å². The van der Waals surface area contributed by atoms with Crippen LogP contribution in [0.4, 0.5) is 11.4 Å². The SMILES string of the molecule is Cc1ccccc1OCC(=O)Nc1cnn(C)c(=O)c1N1CCCCC1. The van der Waals surface area contributed by atoms with Crippen LogP contribution in [0, 0.1) is 6.92 Å². The minimum absolute atomic E-state index is 0.125. The summed E-state index contributed by atoms with van der Waals surface area (Å²) in [6, 6.07) is 7.52. The Morgan fingerprint density at radius 2 is 1.96 bits per heavy atom. The van der Waals surface area contributed by atoms with Crippen LogP contribution in [0.25, 0.3) is 0 Å². The number of carbonyl (C=O) groups is 1. The third kappa shape index (κ3) is 4.04. The van der Waals surface area contributed by atoms with Gasteiger partial charge in [-0.05, 0) is 37.8 Å². The summed E-state index contributed by atoms with van der Waals surface area (Å²) in [6.07, 6.45) is 4.76. The van der Waals surface area contributed by atoms with Gasteiger partial charge in [0.1, 0.15) is 11.4 Å². The molecule has 7 nitrogen and oxygen atoms in total. The summed E-state index contributed by atoms with van der Waals surface area (Å²) in [6.45, 7) is 3.41. The molecule has 1 amide bonds. The molecule has 26 heavy (non-hydrogen) atoms. The molecule has 1 aromatic carbocycles. The second kappa shape index (κ2) is 8.03. The average molecular weight is 356 g/mol. The number of anilines is 2. The molecule has 0 saturated carbocycles. The van der Waals surface area contributed by atoms with Gasteiger partial charge in [-0.15, -0.1) is 0 Å². The molecule has 1 fully saturated rings. The number of nitrogens with one attached hydrogen (secondary N) is 1. The van der Waals surface area contributed by atoms with Gasteiger partial charge >= 0.3 is 0 Å². The first-order valence-corrected chi connectivity index (χ1v) is 8.86. The van der Waals surface area contributed by atoms with Gasteiger partial charge in [0.05, 0.1) is 11.9 Å². The fourth-order valence-corrected chi connectivity index (χ4v) is 3.09. The van der Waals surface area contributed by atoms with Crippen molar-refractivity contribution in [3.05, 3.63) is 46.4 Å². The number of hydrogen-bond acceptors (Lipinski definition) is 5. The number of carbonyl (C=O) groups excluding carboxylic acids is 1. The van der Waals surface area contributed by atoms with Crippen LogP contribution in [-0.4, -0.2) is 35.4 Å². The van der Waals surface area contributed by atoms with Crippen LogP contribution in [0.2, 0.25) is 0 Å². The molecule has 0 radical (unpaired) electrons. The molecule has 1 N–H and O–H groups in total. The molecule has 0 aliphatic carbocycles. The van der Waals surface area contributed by atoms with Gasteiger partial charge in [-0.3, -0.25) is 9.59 Å². The fraction of sp³-hybridized carbons (Fsp3) is 0.421. The Bertz CT molecular complexity index is 841. The van der Waals surface area contributed by atoms with Crippen LogP contribution >= 0.6 is 0 Å². The summed E-state index contributed by atoms with van der Waals surface area (Å²) in [7, 11) is 1.61. The van der Waals surface area contributed by atoms with Gasteiger partial charge in [-0.2, -0.15) is 5.10 Å². The summed E-state index contributed by atoms with van der Waals surface area (Å²) in [5, 5.41) is 6.83. The standard InChI is InChI=1S/C19H24N4O3/c1-14-8-4-5-9-16(14)26-13-17(24)21-15-12-20-22(2)19(25)18(15)23-10-6-3-7-11-23/h4-5,8-9,12H,3,6-7,10-11,13H2,1-2H3,(H,21,24). The van der Waals surface area contributed by atoms with Crippen LogP contribution in [-0.2, 0) is 11.8 Å². The lowest BCUT2D eigenvalue weighted by atomic mass is 10.1. The fourth-order valence-electron chi connectivity index (χ4n) is 3.09. The number of amides is 1. The molecule has 138 valence electrons. The number of rotatable bonds is 5. The van der Waals surface area contributed by atoms with E-state index in [0.717, 1.165) is 37.9 Å². The molecule has 2 aromatic rings. The highest BCUT2D eigenvalue weighted by Gasteiger charge is 2.21. The zero-order valence-electron chi connectivity index (χ0n) is 15.2. The van der Waals surface area contributed by atoms with Gasteiger partial charge in [0.15, 0.2) is 6.61 Å². The highest BCUT2D eigenvalue weighted by Crippen LogP contribution is 2.24. The lowest BCUT2D eigenvalue weighted by Gasteiger charge is -2.29. The normalized spacial score (nSPS) is 14.2. The van der Waals surface area contributed by atoms with Gasteiger partial charge in [0.25, 0.3) is 11.5 Å². The van der Waals surface area contributed by atoms with Crippen LogP contribution in [0.5, 0.6) is 5.75 Å². The molecular weight excluding hydrogens is 332 g/mol. The van der Waals surface area contributed by atoms with Crippen LogP contribution in [0.3, 0.4) is 0 Å². The summed E-state index contributed by atoms with van der Waals surface area (Å²) >= 11 is 0. The Kier molecular flexibility index (Phi) is 5.55. The quantitative estimate of drug-likeness (QED) is 0.888. The van der Waals surface area contributed by atoms with E-state index in [1.165, 1.54) is 10.9 Å². The van der Waals surface area contributed by atoms with Crippen molar-refractivity contribution in [1.82, 2.24) is 9.78 Å². The Balaban J connectivity index is 1.74. The highest BCUT2D eigenvalue weighted by molar-refractivity contribution is 5.95. The summed E-state index contributed by atoms with van der Waals surface area (Å²) in [4.78, 5) is 26.9. The summed E-state index contributed by atoms with van der Waals surface area (Å²) < 4.78 is 6.88. The van der Waals surface area contributed by atoms with Crippen LogP contribution in [0.1, 0.15) is 24.8 Å². The van der Waals surface area contributed by atoms with E-state index in [1.807, 2.05) is 36.1 Å². The Labute approximate surface area is 152 Å². The maximum absolute atomic E-state index is 12.6. The second-order valence-corrected chi connectivity index (χ2v) is 6.49. The van der Waals surface area contributed by atoms with E-state index in [-0.39, 0.29) is 18.1 Å². The first-order chi connectivity index (χ1) is 12.6. The molecule has 1 aliphatic rings. The number of nitrogens with zero attached hydrogens (tertiary/aromatic N) is 3. The molecule has 1 aliphatic heterocycles. The zero-order chi connectivity index (χ0) is 18.5. The molecule has 0 atom stereocenters. The zero-order valence-corrected chi connectivity index (χ0v) is 15.2. The van der Waals surface area contributed by atoms with Crippen LogP contribution < -0.4 is 20.5 Å². The largest absolute Gasteiger partial charge is 0.483 e. The second-order valence-electron chi connectivity index (χ2n) is 6.49. The van der Waals surface area contributed by atoms with Crippen molar-refractivity contribution < 1.29 is 9.53 Å². The number of benzene rings is 1. The number of aromatic nitrogens is 2. The van der Waals surface area contributed by atoms with E-state index in [9.17, 15) is 9.59 Å². The Morgan fingerprint density at radius 1 is 1.23 bits per heavy atom. The lowest BCUT2D eigenvalue weighted by molar-refractivity contribution is -0.118. The van der Waals surface area contributed by atoms with Crippen molar-refractivity contribution in [3.63, 3.8) is 0 Å². The molecule has 2 heterocycles. The number of piperidine rings is 1. The van der Waals surface area contributed by atoms with Crippen molar-refractivity contribution in [3.8, 4) is 5.75 Å². The maximum atomic E-state index is 12.6. The van der Waals surface area contributed by atoms with Gasteiger partial charge in [-0.1, -0.05) is 18.2 Å². The Morgan fingerprint density at radius 3 is 2.69 bits per heavy atom. The third-order valence-electron chi connectivity index (χ3n) is 4.51. The molecule has 7 heteroatoms. The summed E-state index contributed by atoms with van der Waals surface area (Å²) in [5.74, 6) is 0.350. The van der Waals surface area contributed by atoms with Crippen molar-refractivity contribution in [2.24, 2.45) is 7.05 Å². The minimum Gasteiger partial charge on any atom is -0.483 e. The van der Waals surface area contributed by atoms with Crippen LogP contribution in [0.15, 0.2) is 35.3 Å². The Hall–Kier alpha value is -2.83. The van der Waals surface area contributed by atoms with Crippen molar-refractivity contribution in [1.29, 1.82) is 0 Å². The van der Waals surface area contributed by atoms with E-state index in [4.69, 9.17) is 4.74 Å². The first-order valence-electron chi connectivity index (χ1n) is 8.86. The van der Waals surface area contributed by atoms with Crippen molar-refractivity contribution in [2.75, 3.05) is 29.9 Å². The molecule has 1 saturated heterocycles. The number of para-hydroxylation sites is 1. The predicted molar refractivity (Wildman–Crippen MR) is 101 cm³/mol. The monoisotopic (exact) mass is 356 g/mol. The van der Waals surface area contributed by atoms with Crippen molar-refractivity contribution in [2.45, 2.75) is 26.2 Å². The third-order valence-corrected chi connectivity index (χ3v) is 4.51. The number of aryl methyl sites for hydroxylation is 2. The average Bonchev–Trinajstić information content (AvgIpc) is 2.65. The number of hydrogen-bond donors (Lipinski definition) is 1. The van der Waals surface area contributed by atoms with Gasteiger partial charge in [0, 0.05) is 20.1 Å². The first kappa shape index (κ1) is 18.0. The van der Waals surface area contributed by atoms with Crippen molar-refractivity contribution >= 4 is 17.3 Å². The minimum atomic E-state index is -0.318. The van der Waals surface area contributed by atoms with E-state index in [2.05, 4.69) is 10.4 Å².